The maximum Gasteiger partial charge on any atom is 0.223 e. The van der Waals surface area contributed by atoms with Crippen LogP contribution in [-0.2, 0) is 4.74 Å². The van der Waals surface area contributed by atoms with E-state index >= 15 is 0 Å². The zero-order chi connectivity index (χ0) is 19.6. The first-order valence-electron chi connectivity index (χ1n) is 10.2. The van der Waals surface area contributed by atoms with E-state index in [-0.39, 0.29) is 0 Å². The lowest BCUT2D eigenvalue weighted by atomic mass is 9.94. The number of anilines is 1. The fourth-order valence-corrected chi connectivity index (χ4v) is 4.25. The molecule has 0 unspecified atom stereocenters. The Morgan fingerprint density at radius 2 is 1.93 bits per heavy atom. The van der Waals surface area contributed by atoms with Crippen molar-refractivity contribution < 1.29 is 4.74 Å². The summed E-state index contributed by atoms with van der Waals surface area (Å²) in [6, 6.07) is 4.49. The number of fused-ring (bicyclic) bond motifs is 1. The van der Waals surface area contributed by atoms with Crippen molar-refractivity contribution in [3.63, 3.8) is 0 Å². The van der Waals surface area contributed by atoms with Crippen LogP contribution in [0.25, 0.3) is 16.8 Å². The van der Waals surface area contributed by atoms with Gasteiger partial charge in [-0.15, -0.1) is 0 Å². The number of nitrogens with zero attached hydrogens (tertiary/aromatic N) is 5. The highest BCUT2D eigenvalue weighted by atomic mass is 35.5. The highest BCUT2D eigenvalue weighted by Crippen LogP contribution is 2.31. The van der Waals surface area contributed by atoms with E-state index in [1.165, 1.54) is 0 Å². The van der Waals surface area contributed by atoms with E-state index in [0.29, 0.717) is 28.6 Å². The number of ether oxygens (including phenoxy) is 1. The maximum atomic E-state index is 6.45. The largest absolute Gasteiger partial charge is 0.381 e. The van der Waals surface area contributed by atoms with Crippen LogP contribution >= 0.6 is 11.6 Å². The summed E-state index contributed by atoms with van der Waals surface area (Å²) in [7, 11) is 0. The maximum absolute atomic E-state index is 6.45. The Labute approximate surface area is 174 Å². The SMILES string of the molecule is Clc1cnc(NC2CCOCC2)nc1-c1cnn2nc(C3CCNCC3)ccc12. The molecule has 0 aromatic carbocycles. The minimum absolute atomic E-state index is 0.316. The first kappa shape index (κ1) is 18.7. The lowest BCUT2D eigenvalue weighted by molar-refractivity contribution is 0.0903. The van der Waals surface area contributed by atoms with Crippen LogP contribution in [0.4, 0.5) is 5.95 Å². The molecule has 2 aliphatic rings. The van der Waals surface area contributed by atoms with Crippen LogP contribution in [0, 0.1) is 0 Å². The van der Waals surface area contributed by atoms with E-state index in [1.807, 2.05) is 0 Å². The van der Waals surface area contributed by atoms with E-state index in [4.69, 9.17) is 21.4 Å². The Balaban J connectivity index is 1.44. The summed E-state index contributed by atoms with van der Waals surface area (Å²) in [5.74, 6) is 1.06. The van der Waals surface area contributed by atoms with E-state index in [2.05, 4.69) is 37.8 Å². The van der Waals surface area contributed by atoms with E-state index in [1.54, 1.807) is 17.0 Å². The number of halogens is 1. The summed E-state index contributed by atoms with van der Waals surface area (Å²) in [6.07, 6.45) is 7.52. The minimum atomic E-state index is 0.316. The molecule has 0 saturated carbocycles. The van der Waals surface area contributed by atoms with Gasteiger partial charge in [0.1, 0.15) is 0 Å². The van der Waals surface area contributed by atoms with Crippen LogP contribution in [0.15, 0.2) is 24.5 Å². The molecule has 2 N–H and O–H groups in total. The molecule has 9 heteroatoms. The predicted molar refractivity (Wildman–Crippen MR) is 111 cm³/mol. The lowest BCUT2D eigenvalue weighted by Gasteiger charge is -2.23. The monoisotopic (exact) mass is 413 g/mol. The van der Waals surface area contributed by atoms with Crippen LogP contribution in [0.2, 0.25) is 5.02 Å². The second-order valence-corrected chi connectivity index (χ2v) is 8.04. The van der Waals surface area contributed by atoms with Crippen LogP contribution in [0.3, 0.4) is 0 Å². The third-order valence-electron chi connectivity index (χ3n) is 5.72. The van der Waals surface area contributed by atoms with E-state index in [9.17, 15) is 0 Å². The van der Waals surface area contributed by atoms with Gasteiger partial charge in [-0.2, -0.15) is 14.8 Å². The van der Waals surface area contributed by atoms with Crippen LogP contribution in [0.5, 0.6) is 0 Å². The van der Waals surface area contributed by atoms with Gasteiger partial charge in [0.05, 0.1) is 34.3 Å². The Bertz CT molecular complexity index is 996. The molecule has 8 nitrogen and oxygen atoms in total. The molecule has 5 rings (SSSR count). The van der Waals surface area contributed by atoms with Gasteiger partial charge >= 0.3 is 0 Å². The van der Waals surface area contributed by atoms with Crippen molar-refractivity contribution in [2.75, 3.05) is 31.6 Å². The van der Waals surface area contributed by atoms with Gasteiger partial charge in [0, 0.05) is 30.7 Å². The number of piperidine rings is 1. The third kappa shape index (κ3) is 3.92. The van der Waals surface area contributed by atoms with Gasteiger partial charge < -0.3 is 15.4 Å². The van der Waals surface area contributed by atoms with Crippen LogP contribution in [-0.4, -0.2) is 57.1 Å². The van der Waals surface area contributed by atoms with Crippen molar-refractivity contribution in [3.8, 4) is 11.3 Å². The summed E-state index contributed by atoms with van der Waals surface area (Å²) in [4.78, 5) is 9.04. The van der Waals surface area contributed by atoms with Gasteiger partial charge in [0.15, 0.2) is 0 Å². The lowest BCUT2D eigenvalue weighted by Crippen LogP contribution is -2.28. The van der Waals surface area contributed by atoms with Crippen molar-refractivity contribution in [3.05, 3.63) is 35.2 Å². The van der Waals surface area contributed by atoms with Gasteiger partial charge in [-0.05, 0) is 50.9 Å². The summed E-state index contributed by atoms with van der Waals surface area (Å²) in [6.45, 7) is 3.59. The average molecular weight is 414 g/mol. The Morgan fingerprint density at radius 3 is 2.76 bits per heavy atom. The van der Waals surface area contributed by atoms with Gasteiger partial charge in [0.25, 0.3) is 0 Å². The van der Waals surface area contributed by atoms with Crippen molar-refractivity contribution in [1.82, 2.24) is 30.1 Å². The molecule has 0 aliphatic carbocycles. The first-order chi connectivity index (χ1) is 14.3. The van der Waals surface area contributed by atoms with E-state index < -0.39 is 0 Å². The average Bonchev–Trinajstić information content (AvgIpc) is 3.19. The van der Waals surface area contributed by atoms with Crippen LogP contribution in [0.1, 0.15) is 37.3 Å². The fourth-order valence-electron chi connectivity index (χ4n) is 4.06. The molecular formula is C20H24ClN7O. The second kappa shape index (κ2) is 8.22. The third-order valence-corrected chi connectivity index (χ3v) is 6.00. The van der Waals surface area contributed by atoms with Gasteiger partial charge in [-0.3, -0.25) is 0 Å². The summed E-state index contributed by atoms with van der Waals surface area (Å²) in [5, 5.41) is 16.5. The topological polar surface area (TPSA) is 89.3 Å². The van der Waals surface area contributed by atoms with Crippen molar-refractivity contribution in [2.45, 2.75) is 37.6 Å². The molecule has 0 amide bonds. The molecule has 0 spiro atoms. The molecule has 2 aliphatic heterocycles. The quantitative estimate of drug-likeness (QED) is 0.679. The molecule has 2 saturated heterocycles. The van der Waals surface area contributed by atoms with Crippen molar-refractivity contribution in [1.29, 1.82) is 0 Å². The smallest absolute Gasteiger partial charge is 0.223 e. The van der Waals surface area contributed by atoms with Gasteiger partial charge in [-0.25, -0.2) is 9.97 Å². The fraction of sp³-hybridized carbons (Fsp3) is 0.500. The Hall–Kier alpha value is -2.29. The molecule has 3 aromatic rings. The number of hydrogen-bond acceptors (Lipinski definition) is 7. The molecule has 3 aromatic heterocycles. The molecule has 2 fully saturated rings. The first-order valence-corrected chi connectivity index (χ1v) is 10.6. The van der Waals surface area contributed by atoms with E-state index in [0.717, 1.165) is 68.8 Å². The van der Waals surface area contributed by atoms with Crippen molar-refractivity contribution in [2.24, 2.45) is 0 Å². The summed E-state index contributed by atoms with van der Waals surface area (Å²) in [5.41, 5.74) is 3.50. The number of rotatable bonds is 4. The van der Waals surface area contributed by atoms with Crippen molar-refractivity contribution >= 4 is 23.1 Å². The molecule has 152 valence electrons. The second-order valence-electron chi connectivity index (χ2n) is 7.64. The highest BCUT2D eigenvalue weighted by molar-refractivity contribution is 6.33. The van der Waals surface area contributed by atoms with Gasteiger partial charge in [-0.1, -0.05) is 11.6 Å². The summed E-state index contributed by atoms with van der Waals surface area (Å²) < 4.78 is 7.11. The molecule has 0 bridgehead atoms. The molecular weight excluding hydrogens is 390 g/mol. The van der Waals surface area contributed by atoms with Crippen LogP contribution < -0.4 is 10.6 Å². The molecule has 0 radical (unpaired) electrons. The minimum Gasteiger partial charge on any atom is -0.381 e. The Morgan fingerprint density at radius 1 is 1.10 bits per heavy atom. The Kier molecular flexibility index (Phi) is 5.30. The highest BCUT2D eigenvalue weighted by Gasteiger charge is 2.20. The molecule has 0 atom stereocenters. The number of hydrogen-bond donors (Lipinski definition) is 2. The predicted octanol–water partition coefficient (Wildman–Crippen LogP) is 2.90. The van der Waals surface area contributed by atoms with Gasteiger partial charge in [0.2, 0.25) is 5.95 Å². The molecule has 5 heterocycles. The number of nitrogens with one attached hydrogen (secondary N) is 2. The number of aromatic nitrogens is 5. The standard InChI is InChI=1S/C20H24ClN7O/c21-16-12-23-20(25-14-5-9-29-10-6-14)26-19(16)15-11-24-28-18(15)2-1-17(27-28)13-3-7-22-8-4-13/h1-2,11-14,22H,3-10H2,(H,23,25,26). The summed E-state index contributed by atoms with van der Waals surface area (Å²) >= 11 is 6.45. The zero-order valence-electron chi connectivity index (χ0n) is 16.1. The zero-order valence-corrected chi connectivity index (χ0v) is 16.9. The molecule has 29 heavy (non-hydrogen) atoms. The normalized spacial score (nSPS) is 18.9.